The summed E-state index contributed by atoms with van der Waals surface area (Å²) in [5.74, 6) is 1.27. The average Bonchev–Trinajstić information content (AvgIpc) is 2.29. The fourth-order valence-corrected chi connectivity index (χ4v) is 5.15. The normalized spacial score (nSPS) is 19.9. The zero-order chi connectivity index (χ0) is 9.64. The minimum absolute atomic E-state index is 0.664. The van der Waals surface area contributed by atoms with E-state index in [0.29, 0.717) is 15.0 Å². The van der Waals surface area contributed by atoms with Crippen molar-refractivity contribution in [2.75, 3.05) is 5.75 Å². The first-order valence-electron chi connectivity index (χ1n) is 4.79. The summed E-state index contributed by atoms with van der Waals surface area (Å²) >= 11 is 2.62. The second-order valence-electron chi connectivity index (χ2n) is 3.12. The van der Waals surface area contributed by atoms with Gasteiger partial charge in [-0.2, -0.15) is 0 Å². The Kier molecular flexibility index (Phi) is 4.11. The summed E-state index contributed by atoms with van der Waals surface area (Å²) in [5, 5.41) is 1.38. The summed E-state index contributed by atoms with van der Waals surface area (Å²) in [4.78, 5) is 4.66. The summed E-state index contributed by atoms with van der Waals surface area (Å²) < 4.78 is 1.41. The van der Waals surface area contributed by atoms with Crippen LogP contribution in [0, 0.1) is 0 Å². The third kappa shape index (κ3) is 3.16. The number of hydrogen-bond acceptors (Lipinski definition) is 2. The van der Waals surface area contributed by atoms with Crippen molar-refractivity contribution in [2.45, 2.75) is 18.3 Å². The second kappa shape index (κ2) is 5.59. The van der Waals surface area contributed by atoms with Crippen LogP contribution in [0.2, 0.25) is 5.32 Å². The molecule has 0 atom stereocenters. The van der Waals surface area contributed by atoms with Gasteiger partial charge < -0.3 is 0 Å². The van der Waals surface area contributed by atoms with E-state index in [1.165, 1.54) is 27.0 Å². The van der Waals surface area contributed by atoms with Crippen molar-refractivity contribution in [3.63, 3.8) is 0 Å². The van der Waals surface area contributed by atoms with Crippen molar-refractivity contribution < 1.29 is 0 Å². The molecular weight excluding hydrogens is 257 g/mol. The van der Waals surface area contributed by atoms with E-state index in [-0.39, 0.29) is 0 Å². The molecule has 1 nitrogen and oxygen atoms in total. The first-order chi connectivity index (χ1) is 6.95. The van der Waals surface area contributed by atoms with Gasteiger partial charge in [0, 0.05) is 0 Å². The van der Waals surface area contributed by atoms with E-state index in [1.807, 2.05) is 11.8 Å². The van der Waals surface area contributed by atoms with Crippen molar-refractivity contribution in [1.29, 1.82) is 0 Å². The van der Waals surface area contributed by atoms with Crippen molar-refractivity contribution in [3.05, 3.63) is 35.9 Å². The van der Waals surface area contributed by atoms with E-state index < -0.39 is 0 Å². The van der Waals surface area contributed by atoms with Crippen LogP contribution in [0.1, 0.15) is 12.0 Å². The summed E-state index contributed by atoms with van der Waals surface area (Å²) in [6.45, 7) is 0.866. The first kappa shape index (κ1) is 10.3. The number of nitrogens with zero attached hydrogens (tertiary/aromatic N) is 1. The van der Waals surface area contributed by atoms with Crippen LogP contribution in [0.5, 0.6) is 0 Å². The number of thioether (sulfide) groups is 1. The molecule has 14 heavy (non-hydrogen) atoms. The van der Waals surface area contributed by atoms with Crippen LogP contribution in [0.15, 0.2) is 35.3 Å². The summed E-state index contributed by atoms with van der Waals surface area (Å²) in [6, 6.07) is 10.5. The molecule has 1 heterocycles. The van der Waals surface area contributed by atoms with Crippen LogP contribution in [0.25, 0.3) is 0 Å². The topological polar surface area (TPSA) is 12.4 Å². The molecule has 1 aliphatic rings. The van der Waals surface area contributed by atoms with Crippen molar-refractivity contribution in [3.8, 4) is 0 Å². The van der Waals surface area contributed by atoms with Gasteiger partial charge in [-0.15, -0.1) is 0 Å². The van der Waals surface area contributed by atoms with Gasteiger partial charge in [-0.25, -0.2) is 0 Å². The maximum absolute atomic E-state index is 4.66. The monoisotopic (exact) mass is 271 g/mol. The van der Waals surface area contributed by atoms with Gasteiger partial charge in [0.15, 0.2) is 0 Å². The molecule has 0 spiro atoms. The quantitative estimate of drug-likeness (QED) is 0.753. The Bertz CT molecular complexity index is 302. The van der Waals surface area contributed by atoms with E-state index in [2.05, 4.69) is 35.3 Å². The van der Waals surface area contributed by atoms with Crippen LogP contribution in [0.3, 0.4) is 0 Å². The molecule has 0 radical (unpaired) electrons. The molecular formula is C11H13NSSe. The van der Waals surface area contributed by atoms with E-state index in [1.54, 1.807) is 0 Å². The van der Waals surface area contributed by atoms with Crippen LogP contribution in [0.4, 0.5) is 0 Å². The van der Waals surface area contributed by atoms with Gasteiger partial charge in [0.05, 0.1) is 0 Å². The predicted octanol–water partition coefficient (Wildman–Crippen LogP) is 2.80. The first-order valence-corrected chi connectivity index (χ1v) is 7.84. The number of rotatable bonds is 2. The molecule has 0 saturated carbocycles. The number of hydrogen-bond donors (Lipinski definition) is 0. The molecule has 0 aliphatic carbocycles. The van der Waals surface area contributed by atoms with E-state index >= 15 is 0 Å². The zero-order valence-corrected chi connectivity index (χ0v) is 10.5. The zero-order valence-electron chi connectivity index (χ0n) is 7.98. The third-order valence-corrected chi connectivity index (χ3v) is 6.02. The van der Waals surface area contributed by atoms with Crippen molar-refractivity contribution >= 4 is 30.7 Å². The Hall–Kier alpha value is -0.241. The van der Waals surface area contributed by atoms with Crippen molar-refractivity contribution in [1.82, 2.24) is 0 Å². The Labute approximate surface area is 95.5 Å². The Morgan fingerprint density at radius 1 is 1.29 bits per heavy atom. The van der Waals surface area contributed by atoms with Gasteiger partial charge in [-0.05, 0) is 0 Å². The van der Waals surface area contributed by atoms with Crippen LogP contribution in [-0.4, -0.2) is 24.7 Å². The number of benzene rings is 1. The number of aliphatic imine (C=N–C) groups is 1. The van der Waals surface area contributed by atoms with Crippen LogP contribution >= 0.6 is 11.8 Å². The predicted molar refractivity (Wildman–Crippen MR) is 65.2 cm³/mol. The SMILES string of the molecule is c1ccc(CN=C2SCCC[Se]2)cc1. The molecule has 0 unspecified atom stereocenters. The molecule has 2 rings (SSSR count). The van der Waals surface area contributed by atoms with Crippen molar-refractivity contribution in [2.24, 2.45) is 4.99 Å². The summed E-state index contributed by atoms with van der Waals surface area (Å²) in [6.07, 6.45) is 1.38. The molecule has 1 aromatic rings. The van der Waals surface area contributed by atoms with Gasteiger partial charge in [0.25, 0.3) is 0 Å². The van der Waals surface area contributed by atoms with Gasteiger partial charge in [0.2, 0.25) is 0 Å². The second-order valence-corrected chi connectivity index (χ2v) is 7.06. The maximum atomic E-state index is 4.66. The molecule has 1 saturated heterocycles. The Morgan fingerprint density at radius 2 is 2.14 bits per heavy atom. The summed E-state index contributed by atoms with van der Waals surface area (Å²) in [7, 11) is 0. The van der Waals surface area contributed by atoms with E-state index in [4.69, 9.17) is 0 Å². The molecule has 0 N–H and O–H groups in total. The standard InChI is InChI=1S/C11H13NSSe/c1-2-5-10(6-3-1)9-12-11-13-7-4-8-14-11/h1-3,5-6H,4,7-9H2. The van der Waals surface area contributed by atoms with E-state index in [9.17, 15) is 0 Å². The van der Waals surface area contributed by atoms with Gasteiger partial charge in [0.1, 0.15) is 0 Å². The molecule has 1 aromatic carbocycles. The molecule has 1 fully saturated rings. The van der Waals surface area contributed by atoms with Gasteiger partial charge in [-0.3, -0.25) is 0 Å². The van der Waals surface area contributed by atoms with Gasteiger partial charge in [-0.1, -0.05) is 0 Å². The average molecular weight is 270 g/mol. The summed E-state index contributed by atoms with van der Waals surface area (Å²) in [5.41, 5.74) is 1.32. The molecule has 3 heteroatoms. The van der Waals surface area contributed by atoms with E-state index in [0.717, 1.165) is 6.54 Å². The molecule has 0 amide bonds. The molecule has 0 bridgehead atoms. The Morgan fingerprint density at radius 3 is 2.86 bits per heavy atom. The van der Waals surface area contributed by atoms with Crippen LogP contribution < -0.4 is 0 Å². The van der Waals surface area contributed by atoms with Gasteiger partial charge >= 0.3 is 95.6 Å². The molecule has 74 valence electrons. The minimum atomic E-state index is 0.664. The molecule has 1 aliphatic heterocycles. The van der Waals surface area contributed by atoms with Crippen LogP contribution in [-0.2, 0) is 6.54 Å². The fourth-order valence-electron chi connectivity index (χ4n) is 1.25. The Balaban J connectivity index is 1.92. The third-order valence-electron chi connectivity index (χ3n) is 1.97. The fraction of sp³-hybridized carbons (Fsp3) is 0.364. The molecule has 0 aromatic heterocycles.